The topological polar surface area (TPSA) is 58.6 Å². The molecule has 16 heavy (non-hydrogen) atoms. The molecule has 83 valence electrons. The van der Waals surface area contributed by atoms with Crippen molar-refractivity contribution in [1.29, 1.82) is 0 Å². The summed E-state index contributed by atoms with van der Waals surface area (Å²) in [6.45, 7) is 8.75. The molecular weight excluding hydrogens is 279 g/mol. The summed E-state index contributed by atoms with van der Waals surface area (Å²) in [7, 11) is 0. The van der Waals surface area contributed by atoms with Crippen molar-refractivity contribution >= 4 is 11.0 Å². The van der Waals surface area contributed by atoms with E-state index in [4.69, 9.17) is 0 Å². The van der Waals surface area contributed by atoms with Crippen LogP contribution in [0.15, 0.2) is 23.3 Å². The van der Waals surface area contributed by atoms with E-state index >= 15 is 0 Å². The second kappa shape index (κ2) is 7.63. The van der Waals surface area contributed by atoms with Crippen molar-refractivity contribution in [3.8, 4) is 0 Å². The summed E-state index contributed by atoms with van der Waals surface area (Å²) in [4.78, 5) is 21.6. The molecule has 0 saturated carbocycles. The van der Waals surface area contributed by atoms with E-state index in [1.54, 1.807) is 13.0 Å². The Balaban J connectivity index is 0.000000711. The first kappa shape index (κ1) is 15.4. The van der Waals surface area contributed by atoms with Crippen molar-refractivity contribution in [3.05, 3.63) is 48.4 Å². The van der Waals surface area contributed by atoms with Gasteiger partial charge >= 0.3 is 0 Å². The number of fused-ring (bicyclic) bond motifs is 1. The van der Waals surface area contributed by atoms with Crippen LogP contribution in [-0.2, 0) is 39.1 Å². The van der Waals surface area contributed by atoms with Gasteiger partial charge in [-0.2, -0.15) is 6.92 Å². The standard InChI is InChI=1S/C9H8N3O.C2H5.Y/c1-2-7-6-3-4-8(13)12-9(6)11-5-10-7;1-2;/h3-5H,1-2H2,(H,10,11,12,13);1H2,2H3;/q2*-1;. The number of hydrogen-bond donors (Lipinski definition) is 1. The van der Waals surface area contributed by atoms with E-state index in [1.807, 2.05) is 0 Å². The van der Waals surface area contributed by atoms with Gasteiger partial charge in [0.1, 0.15) is 12.0 Å². The molecular formula is C11H13N3OY-2. The maximum atomic E-state index is 11.0. The molecule has 5 heteroatoms. The molecule has 0 atom stereocenters. The Labute approximate surface area is 120 Å². The fourth-order valence-electron chi connectivity index (χ4n) is 1.22. The van der Waals surface area contributed by atoms with Crippen molar-refractivity contribution in [2.75, 3.05) is 0 Å². The maximum absolute atomic E-state index is 11.0. The zero-order chi connectivity index (χ0) is 11.3. The van der Waals surface area contributed by atoms with Crippen LogP contribution in [0, 0.1) is 13.8 Å². The van der Waals surface area contributed by atoms with Gasteiger partial charge in [-0.05, 0) is 6.07 Å². The normalized spacial score (nSPS) is 8.94. The van der Waals surface area contributed by atoms with Crippen molar-refractivity contribution in [3.63, 3.8) is 0 Å². The van der Waals surface area contributed by atoms with Gasteiger partial charge in [0.2, 0.25) is 5.56 Å². The van der Waals surface area contributed by atoms with Crippen molar-refractivity contribution in [2.45, 2.75) is 13.3 Å². The zero-order valence-electron chi connectivity index (χ0n) is 9.23. The summed E-state index contributed by atoms with van der Waals surface area (Å²) in [5.41, 5.74) is 1.27. The molecule has 0 aromatic carbocycles. The molecule has 0 fully saturated rings. The summed E-state index contributed by atoms with van der Waals surface area (Å²) in [6, 6.07) is 3.18. The summed E-state index contributed by atoms with van der Waals surface area (Å²) in [5, 5.41) is 0.858. The van der Waals surface area contributed by atoms with Crippen LogP contribution >= 0.6 is 0 Å². The van der Waals surface area contributed by atoms with Gasteiger partial charge in [-0.25, -0.2) is 9.97 Å². The van der Waals surface area contributed by atoms with E-state index in [-0.39, 0.29) is 38.3 Å². The molecule has 0 aliphatic carbocycles. The van der Waals surface area contributed by atoms with Gasteiger partial charge in [-0.3, -0.25) is 4.79 Å². The summed E-state index contributed by atoms with van der Waals surface area (Å²) in [5.74, 6) is 0. The first-order valence-electron chi connectivity index (χ1n) is 4.64. The van der Waals surface area contributed by atoms with E-state index in [0.717, 1.165) is 11.1 Å². The zero-order valence-corrected chi connectivity index (χ0v) is 12.1. The molecule has 2 rings (SSSR count). The maximum Gasteiger partial charge on any atom is 0.249 e. The van der Waals surface area contributed by atoms with Gasteiger partial charge in [0, 0.05) is 49.9 Å². The monoisotopic (exact) mass is 292 g/mol. The van der Waals surface area contributed by atoms with Crippen LogP contribution in [0.2, 0.25) is 0 Å². The molecule has 0 amide bonds. The third kappa shape index (κ3) is 3.46. The Morgan fingerprint density at radius 1 is 1.31 bits per heavy atom. The second-order valence-corrected chi connectivity index (χ2v) is 2.66. The molecule has 2 heterocycles. The van der Waals surface area contributed by atoms with Gasteiger partial charge in [-0.1, -0.05) is 0 Å². The first-order valence-corrected chi connectivity index (χ1v) is 4.64. The Kier molecular flexibility index (Phi) is 7.34. The van der Waals surface area contributed by atoms with E-state index in [2.05, 4.69) is 28.8 Å². The third-order valence-corrected chi connectivity index (χ3v) is 1.85. The van der Waals surface area contributed by atoms with Crippen LogP contribution in [-0.4, -0.2) is 15.0 Å². The van der Waals surface area contributed by atoms with Gasteiger partial charge in [0.05, 0.1) is 0 Å². The minimum Gasteiger partial charge on any atom is -0.346 e. The second-order valence-electron chi connectivity index (χ2n) is 2.66. The molecule has 2 aromatic heterocycles. The predicted molar refractivity (Wildman–Crippen MR) is 60.3 cm³/mol. The minimum absolute atomic E-state index is 0. The first-order chi connectivity index (χ1) is 7.31. The fourth-order valence-corrected chi connectivity index (χ4v) is 1.22. The van der Waals surface area contributed by atoms with Gasteiger partial charge in [-0.15, -0.1) is 6.42 Å². The van der Waals surface area contributed by atoms with Crippen LogP contribution in [0.25, 0.3) is 11.0 Å². The number of aromatic amines is 1. The van der Waals surface area contributed by atoms with E-state index in [1.165, 1.54) is 12.4 Å². The molecule has 4 nitrogen and oxygen atoms in total. The van der Waals surface area contributed by atoms with E-state index < -0.39 is 0 Å². The van der Waals surface area contributed by atoms with Gasteiger partial charge < -0.3 is 18.8 Å². The van der Waals surface area contributed by atoms with Gasteiger partial charge in [0.25, 0.3) is 0 Å². The van der Waals surface area contributed by atoms with Crippen molar-refractivity contribution < 1.29 is 32.7 Å². The molecule has 0 spiro atoms. The number of rotatable bonds is 1. The van der Waals surface area contributed by atoms with Crippen LogP contribution in [0.3, 0.4) is 0 Å². The number of aromatic nitrogens is 3. The van der Waals surface area contributed by atoms with E-state index in [9.17, 15) is 4.79 Å². The quantitative estimate of drug-likeness (QED) is 0.811. The Bertz CT molecular complexity index is 496. The summed E-state index contributed by atoms with van der Waals surface area (Å²) >= 11 is 0. The molecule has 0 bridgehead atoms. The number of hydrogen-bond acceptors (Lipinski definition) is 3. The van der Waals surface area contributed by atoms with Crippen LogP contribution in [0.4, 0.5) is 0 Å². The Hall–Kier alpha value is -0.606. The molecule has 1 N–H and O–H groups in total. The molecule has 0 aliphatic rings. The van der Waals surface area contributed by atoms with Crippen LogP contribution in [0.5, 0.6) is 0 Å². The summed E-state index contributed by atoms with van der Waals surface area (Å²) in [6.07, 6.45) is 2.02. The molecule has 0 unspecified atom stereocenters. The van der Waals surface area contributed by atoms with Crippen molar-refractivity contribution in [1.82, 2.24) is 15.0 Å². The molecule has 1 radical (unpaired) electrons. The number of H-pyrrole nitrogens is 1. The number of nitrogens with zero attached hydrogens (tertiary/aromatic N) is 2. The average molecular weight is 292 g/mol. The van der Waals surface area contributed by atoms with Crippen molar-refractivity contribution in [2.24, 2.45) is 0 Å². The minimum atomic E-state index is -0.152. The van der Waals surface area contributed by atoms with E-state index in [0.29, 0.717) is 12.1 Å². The van der Waals surface area contributed by atoms with Crippen LogP contribution < -0.4 is 5.56 Å². The predicted octanol–water partition coefficient (Wildman–Crippen LogP) is 1.53. The fraction of sp³-hybridized carbons (Fsp3) is 0.182. The molecule has 0 aliphatic heterocycles. The largest absolute Gasteiger partial charge is 0.346 e. The Morgan fingerprint density at radius 3 is 2.62 bits per heavy atom. The molecule has 0 saturated heterocycles. The third-order valence-electron chi connectivity index (χ3n) is 1.85. The van der Waals surface area contributed by atoms with Gasteiger partial charge in [0.15, 0.2) is 0 Å². The van der Waals surface area contributed by atoms with Crippen LogP contribution in [0.1, 0.15) is 12.6 Å². The smallest absolute Gasteiger partial charge is 0.249 e. The average Bonchev–Trinajstić information content (AvgIpc) is 2.30. The SMILES string of the molecule is [CH2-]C.[CH2-]Cc1ncnc2[nH]c(=O)ccc12.[Y]. The summed E-state index contributed by atoms with van der Waals surface area (Å²) < 4.78 is 0. The number of pyridine rings is 1. The molecule has 2 aromatic rings. The Morgan fingerprint density at radius 2 is 2.00 bits per heavy atom. The number of nitrogens with one attached hydrogen (secondary N) is 1.